The zero-order valence-corrected chi connectivity index (χ0v) is 12.8. The van der Waals surface area contributed by atoms with Gasteiger partial charge in [-0.15, -0.1) is 0 Å². The number of alkyl halides is 2. The molecule has 0 atom stereocenters. The Balaban J connectivity index is 1.77. The Bertz CT molecular complexity index is 863. The minimum Gasteiger partial charge on any atom is -0.356 e. The summed E-state index contributed by atoms with van der Waals surface area (Å²) < 4.78 is 41.6. The van der Waals surface area contributed by atoms with E-state index in [0.717, 1.165) is 11.4 Å². The van der Waals surface area contributed by atoms with Crippen LogP contribution in [0.3, 0.4) is 0 Å². The molecule has 3 aromatic rings. The summed E-state index contributed by atoms with van der Waals surface area (Å²) in [7, 11) is 0. The first-order valence-electron chi connectivity index (χ1n) is 7.75. The van der Waals surface area contributed by atoms with E-state index in [-0.39, 0.29) is 31.7 Å². The average Bonchev–Trinajstić information content (AvgIpc) is 3.03. The molecule has 0 saturated carbocycles. The Morgan fingerprint density at radius 1 is 1.00 bits per heavy atom. The van der Waals surface area contributed by atoms with Gasteiger partial charge in [-0.3, -0.25) is 0 Å². The normalized spacial score (nSPS) is 17.4. The molecule has 24 heavy (non-hydrogen) atoms. The molecule has 0 amide bonds. The van der Waals surface area contributed by atoms with Crippen LogP contribution in [-0.2, 0) is 0 Å². The molecule has 7 heteroatoms. The lowest BCUT2D eigenvalue weighted by Crippen LogP contribution is -2.40. The largest absolute Gasteiger partial charge is 0.356 e. The SMILES string of the molecule is Fc1ccc(-c2cc(N3CCC(F)(F)CC3)n3nccc3n2)cc1. The van der Waals surface area contributed by atoms with Crippen molar-refractivity contribution >= 4 is 11.5 Å². The third kappa shape index (κ3) is 2.70. The van der Waals surface area contributed by atoms with E-state index in [9.17, 15) is 13.2 Å². The van der Waals surface area contributed by atoms with Gasteiger partial charge in [-0.25, -0.2) is 18.2 Å². The molecular weight excluding hydrogens is 317 g/mol. The van der Waals surface area contributed by atoms with E-state index < -0.39 is 5.92 Å². The molecule has 1 aliphatic heterocycles. The molecule has 124 valence electrons. The van der Waals surface area contributed by atoms with Gasteiger partial charge in [0.1, 0.15) is 11.6 Å². The summed E-state index contributed by atoms with van der Waals surface area (Å²) in [6.07, 6.45) is 1.27. The van der Waals surface area contributed by atoms with Gasteiger partial charge in [0.25, 0.3) is 5.92 Å². The molecule has 0 radical (unpaired) electrons. The van der Waals surface area contributed by atoms with Gasteiger partial charge in [-0.05, 0) is 24.3 Å². The standard InChI is InChI=1S/C17H15F3N4/c18-13-3-1-12(2-4-13)14-11-16(24-15(22-14)5-8-21-24)23-9-6-17(19,20)7-10-23/h1-5,8,11H,6-7,9-10H2. The highest BCUT2D eigenvalue weighted by molar-refractivity contribution is 5.67. The highest BCUT2D eigenvalue weighted by Crippen LogP contribution is 2.32. The number of hydrogen-bond donors (Lipinski definition) is 0. The Hall–Kier alpha value is -2.57. The topological polar surface area (TPSA) is 33.4 Å². The van der Waals surface area contributed by atoms with Crippen LogP contribution in [0.1, 0.15) is 12.8 Å². The predicted octanol–water partition coefficient (Wildman–Crippen LogP) is 3.77. The number of fused-ring (bicyclic) bond motifs is 1. The molecule has 4 nitrogen and oxygen atoms in total. The second kappa shape index (κ2) is 5.51. The van der Waals surface area contributed by atoms with Crippen molar-refractivity contribution in [1.29, 1.82) is 0 Å². The van der Waals surface area contributed by atoms with Crippen molar-refractivity contribution in [3.05, 3.63) is 48.4 Å². The number of nitrogens with zero attached hydrogens (tertiary/aromatic N) is 4. The summed E-state index contributed by atoms with van der Waals surface area (Å²) in [5, 5.41) is 4.24. The Morgan fingerprint density at radius 3 is 2.42 bits per heavy atom. The summed E-state index contributed by atoms with van der Waals surface area (Å²) in [5.41, 5.74) is 2.06. The van der Waals surface area contributed by atoms with Crippen molar-refractivity contribution in [2.45, 2.75) is 18.8 Å². The van der Waals surface area contributed by atoms with Crippen LogP contribution in [0.2, 0.25) is 0 Å². The van der Waals surface area contributed by atoms with Gasteiger partial charge in [-0.2, -0.15) is 9.61 Å². The number of anilines is 1. The van der Waals surface area contributed by atoms with E-state index in [0.29, 0.717) is 11.3 Å². The van der Waals surface area contributed by atoms with Crippen LogP contribution < -0.4 is 4.90 Å². The van der Waals surface area contributed by atoms with Crippen LogP contribution in [-0.4, -0.2) is 33.6 Å². The van der Waals surface area contributed by atoms with Crippen LogP contribution >= 0.6 is 0 Å². The third-order valence-corrected chi connectivity index (χ3v) is 4.30. The Kier molecular flexibility index (Phi) is 3.44. The zero-order chi connectivity index (χ0) is 16.7. The van der Waals surface area contributed by atoms with Gasteiger partial charge < -0.3 is 4.90 Å². The molecule has 0 N–H and O–H groups in total. The van der Waals surface area contributed by atoms with Crippen molar-refractivity contribution < 1.29 is 13.2 Å². The molecule has 1 fully saturated rings. The fraction of sp³-hybridized carbons (Fsp3) is 0.294. The van der Waals surface area contributed by atoms with Crippen molar-refractivity contribution in [2.75, 3.05) is 18.0 Å². The third-order valence-electron chi connectivity index (χ3n) is 4.30. The fourth-order valence-electron chi connectivity index (χ4n) is 2.95. The molecule has 2 aromatic heterocycles. The molecule has 1 aromatic carbocycles. The van der Waals surface area contributed by atoms with Crippen LogP contribution in [0.25, 0.3) is 16.9 Å². The van der Waals surface area contributed by atoms with Crippen LogP contribution in [0.4, 0.5) is 19.0 Å². The van der Waals surface area contributed by atoms with E-state index in [4.69, 9.17) is 0 Å². The number of piperidine rings is 1. The second-order valence-electron chi connectivity index (χ2n) is 5.95. The lowest BCUT2D eigenvalue weighted by atomic mass is 10.1. The molecule has 0 unspecified atom stereocenters. The summed E-state index contributed by atoms with van der Waals surface area (Å²) >= 11 is 0. The van der Waals surface area contributed by atoms with Gasteiger partial charge in [0.05, 0.1) is 11.9 Å². The number of hydrogen-bond acceptors (Lipinski definition) is 3. The molecule has 1 aliphatic rings. The van der Waals surface area contributed by atoms with Crippen molar-refractivity contribution in [3.8, 4) is 11.3 Å². The maximum atomic E-state index is 13.4. The first-order valence-corrected chi connectivity index (χ1v) is 7.75. The molecule has 0 spiro atoms. The molecule has 0 bridgehead atoms. The minimum atomic E-state index is -2.60. The van der Waals surface area contributed by atoms with Gasteiger partial charge >= 0.3 is 0 Å². The monoisotopic (exact) mass is 332 g/mol. The van der Waals surface area contributed by atoms with Gasteiger partial charge in [-0.1, -0.05) is 0 Å². The number of rotatable bonds is 2. The van der Waals surface area contributed by atoms with Crippen molar-refractivity contribution in [1.82, 2.24) is 14.6 Å². The molecule has 4 rings (SSSR count). The molecule has 1 saturated heterocycles. The van der Waals surface area contributed by atoms with Crippen LogP contribution in [0.5, 0.6) is 0 Å². The van der Waals surface area contributed by atoms with Crippen molar-refractivity contribution in [3.63, 3.8) is 0 Å². The minimum absolute atomic E-state index is 0.177. The smallest absolute Gasteiger partial charge is 0.251 e. The van der Waals surface area contributed by atoms with E-state index in [2.05, 4.69) is 10.1 Å². The summed E-state index contributed by atoms with van der Waals surface area (Å²) in [6, 6.07) is 9.63. The second-order valence-corrected chi connectivity index (χ2v) is 5.95. The maximum Gasteiger partial charge on any atom is 0.251 e. The average molecular weight is 332 g/mol. The maximum absolute atomic E-state index is 13.4. The quantitative estimate of drug-likeness (QED) is 0.716. The molecular formula is C17H15F3N4. The summed E-state index contributed by atoms with van der Waals surface area (Å²) in [4.78, 5) is 6.42. The predicted molar refractivity (Wildman–Crippen MR) is 84.8 cm³/mol. The van der Waals surface area contributed by atoms with E-state index in [1.165, 1.54) is 12.1 Å². The summed E-state index contributed by atoms with van der Waals surface area (Å²) in [5.74, 6) is -2.20. The first-order chi connectivity index (χ1) is 11.5. The first kappa shape index (κ1) is 15.0. The van der Waals surface area contributed by atoms with E-state index in [1.807, 2.05) is 11.0 Å². The van der Waals surface area contributed by atoms with Crippen LogP contribution in [0, 0.1) is 5.82 Å². The zero-order valence-electron chi connectivity index (χ0n) is 12.8. The number of benzene rings is 1. The summed E-state index contributed by atoms with van der Waals surface area (Å²) in [6.45, 7) is 0.518. The van der Waals surface area contributed by atoms with Gasteiger partial charge in [0.2, 0.25) is 0 Å². The number of halogens is 3. The van der Waals surface area contributed by atoms with Gasteiger partial charge in [0, 0.05) is 43.6 Å². The lowest BCUT2D eigenvalue weighted by molar-refractivity contribution is -0.0222. The number of aromatic nitrogens is 3. The van der Waals surface area contributed by atoms with Crippen LogP contribution in [0.15, 0.2) is 42.6 Å². The Labute approximate surface area is 136 Å². The lowest BCUT2D eigenvalue weighted by Gasteiger charge is -2.33. The highest BCUT2D eigenvalue weighted by Gasteiger charge is 2.34. The van der Waals surface area contributed by atoms with Crippen molar-refractivity contribution in [2.24, 2.45) is 0 Å². The van der Waals surface area contributed by atoms with Gasteiger partial charge in [0.15, 0.2) is 5.65 Å². The Morgan fingerprint density at radius 2 is 1.71 bits per heavy atom. The van der Waals surface area contributed by atoms with E-state index in [1.54, 1.807) is 28.9 Å². The molecule has 0 aliphatic carbocycles. The molecule has 3 heterocycles. The highest BCUT2D eigenvalue weighted by atomic mass is 19.3. The van der Waals surface area contributed by atoms with E-state index >= 15 is 0 Å². The fourth-order valence-corrected chi connectivity index (χ4v) is 2.95.